The molecule has 0 aliphatic rings. The summed E-state index contributed by atoms with van der Waals surface area (Å²) in [4.78, 5) is 32.3. The number of hydrogen-bond acceptors (Lipinski definition) is 6. The highest BCUT2D eigenvalue weighted by molar-refractivity contribution is 6.03. The molecule has 148 valence electrons. The molecule has 3 aromatic rings. The van der Waals surface area contributed by atoms with E-state index in [1.54, 1.807) is 68.6 Å². The molecule has 0 unspecified atom stereocenters. The van der Waals surface area contributed by atoms with Crippen LogP contribution in [0.25, 0.3) is 0 Å². The lowest BCUT2D eigenvalue weighted by Crippen LogP contribution is -2.15. The van der Waals surface area contributed by atoms with Crippen LogP contribution >= 0.6 is 0 Å². The van der Waals surface area contributed by atoms with Gasteiger partial charge in [0.05, 0.1) is 7.11 Å². The van der Waals surface area contributed by atoms with Crippen LogP contribution in [0.5, 0.6) is 5.75 Å². The van der Waals surface area contributed by atoms with E-state index >= 15 is 0 Å². The first kappa shape index (κ1) is 19.8. The Morgan fingerprint density at radius 1 is 0.897 bits per heavy atom. The number of aromatic nitrogens is 2. The largest absolute Gasteiger partial charge is 0.497 e. The standard InChI is InChI=1S/C21H21N5O3/c1-13-22-19(21(28)26-17-5-4-6-18(11-17)29-3)12-20(23-13)25-16-9-7-15(8-10-16)24-14(2)27/h4-12H,1-3H3,(H,24,27)(H,26,28)(H,22,23,25). The molecular weight excluding hydrogens is 370 g/mol. The van der Waals surface area contributed by atoms with Crippen LogP contribution in [0, 0.1) is 6.92 Å². The molecule has 29 heavy (non-hydrogen) atoms. The summed E-state index contributed by atoms with van der Waals surface area (Å²) in [6.45, 7) is 3.17. The van der Waals surface area contributed by atoms with E-state index in [0.717, 1.165) is 5.69 Å². The molecule has 2 aromatic carbocycles. The molecule has 0 spiro atoms. The van der Waals surface area contributed by atoms with E-state index in [2.05, 4.69) is 25.9 Å². The van der Waals surface area contributed by atoms with Gasteiger partial charge in [-0.05, 0) is 43.3 Å². The van der Waals surface area contributed by atoms with Gasteiger partial charge in [-0.2, -0.15) is 0 Å². The first-order valence-electron chi connectivity index (χ1n) is 8.89. The van der Waals surface area contributed by atoms with E-state index in [0.29, 0.717) is 28.8 Å². The van der Waals surface area contributed by atoms with Crippen molar-refractivity contribution in [3.63, 3.8) is 0 Å². The zero-order valence-corrected chi connectivity index (χ0v) is 16.3. The van der Waals surface area contributed by atoms with E-state index in [-0.39, 0.29) is 17.5 Å². The van der Waals surface area contributed by atoms with Crippen LogP contribution in [0.3, 0.4) is 0 Å². The average Bonchev–Trinajstić information content (AvgIpc) is 2.69. The Labute approximate surface area is 168 Å². The van der Waals surface area contributed by atoms with Gasteiger partial charge in [-0.3, -0.25) is 9.59 Å². The van der Waals surface area contributed by atoms with Gasteiger partial charge in [0.1, 0.15) is 23.1 Å². The number of carbonyl (C=O) groups is 2. The van der Waals surface area contributed by atoms with E-state index in [4.69, 9.17) is 4.74 Å². The van der Waals surface area contributed by atoms with Crippen LogP contribution in [0.2, 0.25) is 0 Å². The van der Waals surface area contributed by atoms with Gasteiger partial charge in [0.2, 0.25) is 5.91 Å². The number of nitrogens with one attached hydrogen (secondary N) is 3. The zero-order valence-electron chi connectivity index (χ0n) is 16.3. The normalized spacial score (nSPS) is 10.2. The van der Waals surface area contributed by atoms with Crippen molar-refractivity contribution in [3.8, 4) is 5.75 Å². The maximum Gasteiger partial charge on any atom is 0.274 e. The maximum absolute atomic E-state index is 12.6. The number of aryl methyl sites for hydroxylation is 1. The van der Waals surface area contributed by atoms with Crippen molar-refractivity contribution >= 4 is 34.7 Å². The highest BCUT2D eigenvalue weighted by atomic mass is 16.5. The number of nitrogens with zero attached hydrogens (tertiary/aromatic N) is 2. The number of anilines is 4. The van der Waals surface area contributed by atoms with Crippen LogP contribution in [0.1, 0.15) is 23.2 Å². The van der Waals surface area contributed by atoms with Crippen molar-refractivity contribution in [2.75, 3.05) is 23.1 Å². The van der Waals surface area contributed by atoms with Gasteiger partial charge in [-0.15, -0.1) is 0 Å². The molecule has 0 fully saturated rings. The summed E-state index contributed by atoms with van der Waals surface area (Å²) in [6, 6.07) is 15.8. The molecule has 0 aliphatic heterocycles. The van der Waals surface area contributed by atoms with Crippen LogP contribution < -0.4 is 20.7 Å². The van der Waals surface area contributed by atoms with Crippen molar-refractivity contribution in [2.24, 2.45) is 0 Å². The highest BCUT2D eigenvalue weighted by Crippen LogP contribution is 2.20. The fourth-order valence-electron chi connectivity index (χ4n) is 2.63. The van der Waals surface area contributed by atoms with Gasteiger partial charge in [0, 0.05) is 36.1 Å². The second kappa shape index (κ2) is 8.83. The topological polar surface area (TPSA) is 105 Å². The van der Waals surface area contributed by atoms with Crippen molar-refractivity contribution in [3.05, 3.63) is 66.1 Å². The maximum atomic E-state index is 12.6. The summed E-state index contributed by atoms with van der Waals surface area (Å²) < 4.78 is 5.17. The monoisotopic (exact) mass is 391 g/mol. The van der Waals surface area contributed by atoms with E-state index in [1.165, 1.54) is 6.92 Å². The molecule has 0 saturated heterocycles. The van der Waals surface area contributed by atoms with E-state index < -0.39 is 0 Å². The van der Waals surface area contributed by atoms with Gasteiger partial charge in [0.15, 0.2) is 0 Å². The molecule has 8 nitrogen and oxygen atoms in total. The van der Waals surface area contributed by atoms with Crippen molar-refractivity contribution in [1.29, 1.82) is 0 Å². The SMILES string of the molecule is COc1cccc(NC(=O)c2cc(Nc3ccc(NC(C)=O)cc3)nc(C)n2)c1. The Hall–Kier alpha value is -3.94. The van der Waals surface area contributed by atoms with E-state index in [1.807, 2.05) is 0 Å². The number of ether oxygens (including phenoxy) is 1. The van der Waals surface area contributed by atoms with Gasteiger partial charge in [-0.1, -0.05) is 6.07 Å². The predicted molar refractivity (Wildman–Crippen MR) is 112 cm³/mol. The third kappa shape index (κ3) is 5.52. The summed E-state index contributed by atoms with van der Waals surface area (Å²) in [6.07, 6.45) is 0. The van der Waals surface area contributed by atoms with Crippen molar-refractivity contribution in [2.45, 2.75) is 13.8 Å². The molecule has 2 amide bonds. The number of methoxy groups -OCH3 is 1. The van der Waals surface area contributed by atoms with Gasteiger partial charge in [-0.25, -0.2) is 9.97 Å². The Bertz CT molecular complexity index is 1030. The number of hydrogen-bond donors (Lipinski definition) is 3. The molecule has 3 rings (SSSR count). The summed E-state index contributed by atoms with van der Waals surface area (Å²) >= 11 is 0. The second-order valence-corrected chi connectivity index (χ2v) is 6.26. The fourth-order valence-corrected chi connectivity index (χ4v) is 2.63. The summed E-state index contributed by atoms with van der Waals surface area (Å²) in [5, 5.41) is 8.64. The Kier molecular flexibility index (Phi) is 6.03. The number of amides is 2. The molecule has 1 heterocycles. The number of benzene rings is 2. The number of carbonyl (C=O) groups excluding carboxylic acids is 2. The Morgan fingerprint density at radius 2 is 1.62 bits per heavy atom. The predicted octanol–water partition coefficient (Wildman–Crippen LogP) is 3.75. The third-order valence-corrected chi connectivity index (χ3v) is 3.88. The highest BCUT2D eigenvalue weighted by Gasteiger charge is 2.12. The molecule has 0 bridgehead atoms. The molecule has 1 aromatic heterocycles. The molecule has 0 saturated carbocycles. The first-order valence-corrected chi connectivity index (χ1v) is 8.89. The van der Waals surface area contributed by atoms with E-state index in [9.17, 15) is 9.59 Å². The number of rotatable bonds is 6. The van der Waals surface area contributed by atoms with Crippen LogP contribution in [0.4, 0.5) is 22.9 Å². The minimum Gasteiger partial charge on any atom is -0.497 e. The lowest BCUT2D eigenvalue weighted by molar-refractivity contribution is -0.114. The summed E-state index contributed by atoms with van der Waals surface area (Å²) in [5.74, 6) is 1.10. The Morgan fingerprint density at radius 3 is 2.31 bits per heavy atom. The average molecular weight is 391 g/mol. The Balaban J connectivity index is 1.75. The fraction of sp³-hybridized carbons (Fsp3) is 0.143. The molecule has 0 radical (unpaired) electrons. The quantitative estimate of drug-likeness (QED) is 0.591. The van der Waals surface area contributed by atoms with Gasteiger partial charge >= 0.3 is 0 Å². The summed E-state index contributed by atoms with van der Waals surface area (Å²) in [5.41, 5.74) is 2.29. The van der Waals surface area contributed by atoms with Crippen LogP contribution in [-0.2, 0) is 4.79 Å². The molecule has 0 aliphatic carbocycles. The minimum atomic E-state index is -0.354. The third-order valence-electron chi connectivity index (χ3n) is 3.88. The molecule has 3 N–H and O–H groups in total. The first-order chi connectivity index (χ1) is 13.9. The second-order valence-electron chi connectivity index (χ2n) is 6.26. The molecule has 8 heteroatoms. The lowest BCUT2D eigenvalue weighted by atomic mass is 10.2. The molecule has 0 atom stereocenters. The molecular formula is C21H21N5O3. The van der Waals surface area contributed by atoms with Crippen molar-refractivity contribution in [1.82, 2.24) is 9.97 Å². The van der Waals surface area contributed by atoms with Crippen LogP contribution in [-0.4, -0.2) is 28.9 Å². The zero-order chi connectivity index (χ0) is 20.8. The van der Waals surface area contributed by atoms with Crippen LogP contribution in [0.15, 0.2) is 54.6 Å². The van der Waals surface area contributed by atoms with Crippen molar-refractivity contribution < 1.29 is 14.3 Å². The minimum absolute atomic E-state index is 0.135. The summed E-state index contributed by atoms with van der Waals surface area (Å²) in [7, 11) is 1.56. The van der Waals surface area contributed by atoms with Gasteiger partial charge in [0.25, 0.3) is 5.91 Å². The van der Waals surface area contributed by atoms with Gasteiger partial charge < -0.3 is 20.7 Å². The smallest absolute Gasteiger partial charge is 0.274 e. The lowest BCUT2D eigenvalue weighted by Gasteiger charge is -2.10.